The summed E-state index contributed by atoms with van der Waals surface area (Å²) in [5.41, 5.74) is -1.35. The number of rotatable bonds is 2. The molecule has 3 aromatic rings. The first-order valence-electron chi connectivity index (χ1n) is 9.98. The summed E-state index contributed by atoms with van der Waals surface area (Å²) in [4.78, 5) is 31.1. The van der Waals surface area contributed by atoms with Crippen LogP contribution in [0.1, 0.15) is 29.7 Å². The van der Waals surface area contributed by atoms with Gasteiger partial charge in [-0.05, 0) is 36.8 Å². The van der Waals surface area contributed by atoms with Crippen molar-refractivity contribution in [3.05, 3.63) is 84.9 Å². The Kier molecular flexibility index (Phi) is 4.75. The third-order valence-corrected chi connectivity index (χ3v) is 6.85. The van der Waals surface area contributed by atoms with Crippen molar-refractivity contribution in [2.45, 2.75) is 24.9 Å². The molecule has 0 N–H and O–H groups in total. The Labute approximate surface area is 189 Å². The Hall–Kier alpha value is -3.40. The zero-order valence-corrected chi connectivity index (χ0v) is 18.2. The molecule has 33 heavy (non-hydrogen) atoms. The van der Waals surface area contributed by atoms with Gasteiger partial charge in [0.25, 0.3) is 5.56 Å². The number of ether oxygens (including phenoxy) is 2. The molecule has 6 nitrogen and oxygen atoms in total. The van der Waals surface area contributed by atoms with E-state index in [4.69, 9.17) is 9.47 Å². The fraction of sp³-hybridized carbons (Fsp3) is 0.261. The molecule has 0 fully saturated rings. The molecule has 0 aliphatic carbocycles. The van der Waals surface area contributed by atoms with Crippen LogP contribution in [0.3, 0.4) is 0 Å². The lowest BCUT2D eigenvalue weighted by atomic mass is 9.81. The molecule has 0 saturated heterocycles. The van der Waals surface area contributed by atoms with Crippen LogP contribution in [0.25, 0.3) is 6.08 Å². The van der Waals surface area contributed by atoms with Crippen LogP contribution in [0.4, 0.5) is 13.2 Å². The molecular formula is C23H17F3N2O4S. The van der Waals surface area contributed by atoms with Crippen LogP contribution in [0.15, 0.2) is 58.3 Å². The molecule has 5 rings (SSSR count). The minimum absolute atomic E-state index is 0.283. The van der Waals surface area contributed by atoms with E-state index < -0.39 is 41.0 Å². The van der Waals surface area contributed by atoms with E-state index in [1.807, 2.05) is 0 Å². The van der Waals surface area contributed by atoms with E-state index in [0.717, 1.165) is 23.5 Å². The molecule has 0 spiro atoms. The minimum Gasteiger partial charge on any atom is -0.469 e. The van der Waals surface area contributed by atoms with E-state index in [0.29, 0.717) is 21.7 Å². The Bertz CT molecular complexity index is 1440. The third-order valence-electron chi connectivity index (χ3n) is 5.87. The smallest absolute Gasteiger partial charge is 0.416 e. The Morgan fingerprint density at radius 3 is 2.58 bits per heavy atom. The van der Waals surface area contributed by atoms with Crippen molar-refractivity contribution in [1.29, 1.82) is 0 Å². The number of thiazole rings is 1. The van der Waals surface area contributed by atoms with Crippen molar-refractivity contribution < 1.29 is 27.4 Å². The first kappa shape index (κ1) is 21.4. The van der Waals surface area contributed by atoms with Gasteiger partial charge in [0.1, 0.15) is 11.7 Å². The van der Waals surface area contributed by atoms with Crippen molar-refractivity contribution in [2.75, 3.05) is 7.11 Å². The minimum atomic E-state index is -4.44. The molecule has 2 aliphatic heterocycles. The second-order valence-electron chi connectivity index (χ2n) is 7.94. The number of hydrogen-bond donors (Lipinski definition) is 0. The standard InChI is InChI=1S/C23H17F3N2O4S/c1-22-17(20(30)31-2)18(14-5-3-4-6-15(14)32-22)28-19(29)16(33-21(28)27-22)11-12-7-9-13(10-8-12)23(24,25)26/h3-11,17-18H,1-2H3/b16-11+/t17-,18+,22+/m0/s1. The average molecular weight is 474 g/mol. The fourth-order valence-electron chi connectivity index (χ4n) is 4.35. The maximum Gasteiger partial charge on any atom is 0.416 e. The zero-order chi connectivity index (χ0) is 23.5. The van der Waals surface area contributed by atoms with E-state index in [-0.39, 0.29) is 4.53 Å². The molecule has 0 saturated carbocycles. The molecule has 10 heteroatoms. The topological polar surface area (TPSA) is 69.9 Å². The molecule has 3 heterocycles. The van der Waals surface area contributed by atoms with Gasteiger partial charge in [-0.2, -0.15) is 13.2 Å². The second-order valence-corrected chi connectivity index (χ2v) is 8.95. The van der Waals surface area contributed by atoms with Gasteiger partial charge < -0.3 is 9.47 Å². The number of benzene rings is 2. The number of halogens is 3. The Morgan fingerprint density at radius 2 is 1.91 bits per heavy atom. The van der Waals surface area contributed by atoms with Gasteiger partial charge in [-0.3, -0.25) is 14.2 Å². The lowest BCUT2D eigenvalue weighted by Crippen LogP contribution is -2.58. The van der Waals surface area contributed by atoms with Crippen LogP contribution in [0.5, 0.6) is 5.75 Å². The summed E-state index contributed by atoms with van der Waals surface area (Å²) < 4.78 is 51.4. The lowest BCUT2D eigenvalue weighted by Gasteiger charge is -2.44. The van der Waals surface area contributed by atoms with Crippen molar-refractivity contribution in [2.24, 2.45) is 10.9 Å². The number of hydrogen-bond acceptors (Lipinski definition) is 6. The number of fused-ring (bicyclic) bond motifs is 6. The first-order chi connectivity index (χ1) is 15.6. The second kappa shape index (κ2) is 7.31. The Balaban J connectivity index is 1.71. The molecule has 170 valence electrons. The maximum atomic E-state index is 13.4. The van der Waals surface area contributed by atoms with Crippen molar-refractivity contribution >= 4 is 23.4 Å². The van der Waals surface area contributed by atoms with E-state index >= 15 is 0 Å². The number of para-hydroxylation sites is 1. The van der Waals surface area contributed by atoms with E-state index in [1.54, 1.807) is 31.2 Å². The number of esters is 1. The summed E-state index contributed by atoms with van der Waals surface area (Å²) in [7, 11) is 1.27. The summed E-state index contributed by atoms with van der Waals surface area (Å²) in [6.07, 6.45) is -2.93. The normalized spacial score (nSPS) is 23.7. The Morgan fingerprint density at radius 1 is 1.21 bits per heavy atom. The van der Waals surface area contributed by atoms with Crippen LogP contribution < -0.4 is 19.6 Å². The number of alkyl halides is 3. The highest BCUT2D eigenvalue weighted by molar-refractivity contribution is 7.07. The summed E-state index contributed by atoms with van der Waals surface area (Å²) in [5, 5.41) is 0. The van der Waals surface area contributed by atoms with E-state index in [2.05, 4.69) is 4.99 Å². The highest BCUT2D eigenvalue weighted by Gasteiger charge is 2.55. The predicted molar refractivity (Wildman–Crippen MR) is 113 cm³/mol. The highest BCUT2D eigenvalue weighted by Crippen LogP contribution is 2.47. The molecule has 2 bridgehead atoms. The fourth-order valence-corrected chi connectivity index (χ4v) is 5.45. The molecule has 0 radical (unpaired) electrons. The van der Waals surface area contributed by atoms with Crippen LogP contribution in [0.2, 0.25) is 0 Å². The number of methoxy groups -OCH3 is 1. The van der Waals surface area contributed by atoms with Crippen molar-refractivity contribution in [3.63, 3.8) is 0 Å². The molecule has 0 amide bonds. The SMILES string of the molecule is COC(=O)[C@@H]1[C@H]2c3ccccc3O[C@@]1(C)N=c1s/c(=C/c3ccc(C(F)(F)F)cc3)c(=O)n12. The first-order valence-corrected chi connectivity index (χ1v) is 10.8. The van der Waals surface area contributed by atoms with Crippen LogP contribution in [0, 0.1) is 5.92 Å². The van der Waals surface area contributed by atoms with Gasteiger partial charge in [-0.15, -0.1) is 0 Å². The van der Waals surface area contributed by atoms with Gasteiger partial charge in [-0.1, -0.05) is 41.7 Å². The van der Waals surface area contributed by atoms with Gasteiger partial charge >= 0.3 is 12.1 Å². The number of nitrogens with zero attached hydrogens (tertiary/aromatic N) is 2. The third kappa shape index (κ3) is 3.36. The van der Waals surface area contributed by atoms with Gasteiger partial charge in [-0.25, -0.2) is 4.99 Å². The molecule has 3 atom stereocenters. The summed E-state index contributed by atoms with van der Waals surface area (Å²) in [6, 6.07) is 11.0. The van der Waals surface area contributed by atoms with Gasteiger partial charge in [0, 0.05) is 5.56 Å². The highest BCUT2D eigenvalue weighted by atomic mass is 32.1. The quantitative estimate of drug-likeness (QED) is 0.536. The molecule has 0 unspecified atom stereocenters. The number of carbonyl (C=O) groups is 1. The van der Waals surface area contributed by atoms with Gasteiger partial charge in [0.15, 0.2) is 4.80 Å². The molecule has 1 aromatic heterocycles. The van der Waals surface area contributed by atoms with Crippen molar-refractivity contribution in [3.8, 4) is 5.75 Å². The van der Waals surface area contributed by atoms with Crippen LogP contribution >= 0.6 is 11.3 Å². The lowest BCUT2D eigenvalue weighted by molar-refractivity contribution is -0.158. The largest absolute Gasteiger partial charge is 0.469 e. The average Bonchev–Trinajstić information content (AvgIpc) is 3.06. The van der Waals surface area contributed by atoms with Crippen molar-refractivity contribution in [1.82, 2.24) is 4.57 Å². The van der Waals surface area contributed by atoms with Gasteiger partial charge in [0.2, 0.25) is 5.72 Å². The summed E-state index contributed by atoms with van der Waals surface area (Å²) in [5.74, 6) is -0.931. The molecular weight excluding hydrogens is 457 g/mol. The van der Waals surface area contributed by atoms with E-state index in [9.17, 15) is 22.8 Å². The predicted octanol–water partition coefficient (Wildman–Crippen LogP) is 2.88. The maximum absolute atomic E-state index is 13.4. The summed E-state index contributed by atoms with van der Waals surface area (Å²) in [6.45, 7) is 1.67. The van der Waals surface area contributed by atoms with E-state index in [1.165, 1.54) is 29.9 Å². The van der Waals surface area contributed by atoms with Crippen LogP contribution in [-0.4, -0.2) is 23.4 Å². The molecule has 2 aliphatic rings. The molecule has 2 aromatic carbocycles. The van der Waals surface area contributed by atoms with Crippen LogP contribution in [-0.2, 0) is 15.7 Å². The number of carbonyl (C=O) groups excluding carboxylic acids is 1. The monoisotopic (exact) mass is 474 g/mol. The van der Waals surface area contributed by atoms with Gasteiger partial charge in [0.05, 0.1) is 23.2 Å². The summed E-state index contributed by atoms with van der Waals surface area (Å²) >= 11 is 1.09. The zero-order valence-electron chi connectivity index (χ0n) is 17.4. The number of aromatic nitrogens is 1.